The molecule has 5 rings (SSSR count). The van der Waals surface area contributed by atoms with Crippen molar-refractivity contribution in [1.29, 1.82) is 0 Å². The normalized spacial score (nSPS) is 17.4. The van der Waals surface area contributed by atoms with Crippen LogP contribution in [0.25, 0.3) is 10.9 Å². The van der Waals surface area contributed by atoms with Gasteiger partial charge in [-0.1, -0.05) is 18.2 Å². The molecule has 3 heterocycles. The molecule has 6 nitrogen and oxygen atoms in total. The van der Waals surface area contributed by atoms with Gasteiger partial charge in [0.05, 0.1) is 17.8 Å². The smallest absolute Gasteiger partial charge is 0.267 e. The lowest BCUT2D eigenvalue weighted by Crippen LogP contribution is -2.47. The Bertz CT molecular complexity index is 1060. The van der Waals surface area contributed by atoms with Gasteiger partial charge in [0, 0.05) is 56.1 Å². The summed E-state index contributed by atoms with van der Waals surface area (Å²) < 4.78 is 1.67. The van der Waals surface area contributed by atoms with Gasteiger partial charge >= 0.3 is 0 Å². The fraction of sp³-hybridized carbons (Fsp3) is 0.435. The predicted octanol–water partition coefficient (Wildman–Crippen LogP) is 2.49. The van der Waals surface area contributed by atoms with Crippen LogP contribution in [0.1, 0.15) is 24.1 Å². The van der Waals surface area contributed by atoms with Gasteiger partial charge in [-0.2, -0.15) is 5.10 Å². The van der Waals surface area contributed by atoms with Crippen LogP contribution in [0.5, 0.6) is 0 Å². The first-order valence-corrected chi connectivity index (χ1v) is 10.7. The van der Waals surface area contributed by atoms with E-state index in [-0.39, 0.29) is 5.56 Å². The lowest BCUT2D eigenvalue weighted by Gasteiger charge is -2.36. The first kappa shape index (κ1) is 18.3. The summed E-state index contributed by atoms with van der Waals surface area (Å²) in [5.41, 5.74) is 4.65. The van der Waals surface area contributed by atoms with Crippen molar-refractivity contribution in [1.82, 2.24) is 19.7 Å². The highest BCUT2D eigenvalue weighted by Gasteiger charge is 2.19. The third-order valence-electron chi connectivity index (χ3n) is 6.24. The molecule has 1 saturated heterocycles. The highest BCUT2D eigenvalue weighted by Crippen LogP contribution is 2.26. The highest BCUT2D eigenvalue weighted by atomic mass is 16.1. The quantitative estimate of drug-likeness (QED) is 0.686. The average Bonchev–Trinajstić information content (AvgIpc) is 2.78. The summed E-state index contributed by atoms with van der Waals surface area (Å²) in [5, 5.41) is 5.87. The molecular formula is C23H27N5O. The number of rotatable bonds is 4. The number of anilines is 1. The van der Waals surface area contributed by atoms with E-state index in [0.717, 1.165) is 62.3 Å². The summed E-state index contributed by atoms with van der Waals surface area (Å²) in [5.74, 6) is 0. The van der Waals surface area contributed by atoms with Crippen molar-refractivity contribution < 1.29 is 0 Å². The van der Waals surface area contributed by atoms with Gasteiger partial charge in [-0.15, -0.1) is 0 Å². The Balaban J connectivity index is 1.22. The number of aryl methyl sites for hydroxylation is 2. The molecule has 2 aromatic heterocycles. The van der Waals surface area contributed by atoms with E-state index >= 15 is 0 Å². The van der Waals surface area contributed by atoms with Gasteiger partial charge in [0.1, 0.15) is 0 Å². The summed E-state index contributed by atoms with van der Waals surface area (Å²) in [7, 11) is 0. The molecule has 0 unspecified atom stereocenters. The standard InChI is InChI=1S/C23H27N5O/c29-23-17-18-5-1-3-7-20(18)25-28(23)16-13-26-11-14-27(15-12-26)22-9-10-24-21-8-4-2-6-19(21)22/h2,4,6,8-10,17H,1,3,5,7,11-16H2. The van der Waals surface area contributed by atoms with Gasteiger partial charge in [0.15, 0.2) is 0 Å². The maximum Gasteiger partial charge on any atom is 0.267 e. The van der Waals surface area contributed by atoms with Crippen LogP contribution in [0, 0.1) is 0 Å². The van der Waals surface area contributed by atoms with E-state index < -0.39 is 0 Å². The van der Waals surface area contributed by atoms with Crippen molar-refractivity contribution in [2.75, 3.05) is 37.6 Å². The third kappa shape index (κ3) is 3.77. The predicted molar refractivity (Wildman–Crippen MR) is 116 cm³/mol. The summed E-state index contributed by atoms with van der Waals surface area (Å²) in [4.78, 5) is 21.8. The Hall–Kier alpha value is -2.73. The zero-order chi connectivity index (χ0) is 19.6. The fourth-order valence-electron chi connectivity index (χ4n) is 4.57. The molecule has 2 aliphatic rings. The minimum Gasteiger partial charge on any atom is -0.368 e. The zero-order valence-electron chi connectivity index (χ0n) is 16.8. The largest absolute Gasteiger partial charge is 0.368 e. The molecule has 0 bridgehead atoms. The first-order chi connectivity index (χ1) is 14.3. The zero-order valence-corrected chi connectivity index (χ0v) is 16.8. The molecule has 0 atom stereocenters. The van der Waals surface area contributed by atoms with Gasteiger partial charge in [-0.05, 0) is 43.4 Å². The van der Waals surface area contributed by atoms with E-state index in [0.29, 0.717) is 6.54 Å². The number of piperazine rings is 1. The first-order valence-electron chi connectivity index (χ1n) is 10.7. The number of hydrogen-bond acceptors (Lipinski definition) is 5. The number of nitrogens with zero attached hydrogens (tertiary/aromatic N) is 5. The van der Waals surface area contributed by atoms with Crippen molar-refractivity contribution >= 4 is 16.6 Å². The van der Waals surface area contributed by atoms with Crippen LogP contribution >= 0.6 is 0 Å². The van der Waals surface area contributed by atoms with Crippen molar-refractivity contribution in [3.05, 3.63) is 64.2 Å². The molecule has 1 aliphatic carbocycles. The number of pyridine rings is 1. The van der Waals surface area contributed by atoms with Crippen LogP contribution in [-0.2, 0) is 19.4 Å². The summed E-state index contributed by atoms with van der Waals surface area (Å²) in [6.45, 7) is 5.51. The van der Waals surface area contributed by atoms with Gasteiger partial charge in [-0.3, -0.25) is 14.7 Å². The molecule has 150 valence electrons. The summed E-state index contributed by atoms with van der Waals surface area (Å²) >= 11 is 0. The van der Waals surface area contributed by atoms with Gasteiger partial charge in [0.25, 0.3) is 5.56 Å². The third-order valence-corrected chi connectivity index (χ3v) is 6.24. The van der Waals surface area contributed by atoms with E-state index in [4.69, 9.17) is 0 Å². The van der Waals surface area contributed by atoms with Crippen molar-refractivity contribution in [2.45, 2.75) is 32.2 Å². The monoisotopic (exact) mass is 389 g/mol. The molecule has 0 N–H and O–H groups in total. The highest BCUT2D eigenvalue weighted by molar-refractivity contribution is 5.91. The average molecular weight is 390 g/mol. The Labute approximate surface area is 170 Å². The Morgan fingerprint density at radius 3 is 2.66 bits per heavy atom. The maximum atomic E-state index is 12.4. The Kier molecular flexibility index (Phi) is 5.02. The van der Waals surface area contributed by atoms with E-state index in [9.17, 15) is 4.79 Å². The molecule has 29 heavy (non-hydrogen) atoms. The van der Waals surface area contributed by atoms with Crippen LogP contribution < -0.4 is 10.5 Å². The van der Waals surface area contributed by atoms with E-state index in [1.165, 1.54) is 23.9 Å². The second-order valence-corrected chi connectivity index (χ2v) is 8.06. The molecule has 6 heteroatoms. The molecule has 0 spiro atoms. The topological polar surface area (TPSA) is 54.3 Å². The summed E-state index contributed by atoms with van der Waals surface area (Å²) in [6.07, 6.45) is 6.27. The minimum absolute atomic E-state index is 0.0486. The van der Waals surface area contributed by atoms with E-state index in [1.807, 2.05) is 18.3 Å². The molecule has 0 radical (unpaired) electrons. The molecule has 1 fully saturated rings. The fourth-order valence-corrected chi connectivity index (χ4v) is 4.57. The van der Waals surface area contributed by atoms with Gasteiger partial charge in [0.2, 0.25) is 0 Å². The van der Waals surface area contributed by atoms with Crippen LogP contribution in [-0.4, -0.2) is 52.4 Å². The lowest BCUT2D eigenvalue weighted by molar-refractivity contribution is 0.242. The van der Waals surface area contributed by atoms with Crippen LogP contribution in [0.3, 0.4) is 0 Å². The number of fused-ring (bicyclic) bond motifs is 2. The molecule has 1 aromatic carbocycles. The number of hydrogen-bond donors (Lipinski definition) is 0. The van der Waals surface area contributed by atoms with E-state index in [1.54, 1.807) is 4.68 Å². The van der Waals surface area contributed by atoms with Crippen molar-refractivity contribution in [2.24, 2.45) is 0 Å². The van der Waals surface area contributed by atoms with Crippen LogP contribution in [0.15, 0.2) is 47.4 Å². The SMILES string of the molecule is O=c1cc2c(nn1CCN1CCN(c3ccnc4ccccc34)CC1)CCCC2. The van der Waals surface area contributed by atoms with Crippen molar-refractivity contribution in [3.8, 4) is 0 Å². The molecule has 1 aliphatic heterocycles. The van der Waals surface area contributed by atoms with Crippen LogP contribution in [0.2, 0.25) is 0 Å². The molecule has 0 saturated carbocycles. The van der Waals surface area contributed by atoms with Crippen molar-refractivity contribution in [3.63, 3.8) is 0 Å². The van der Waals surface area contributed by atoms with Gasteiger partial charge < -0.3 is 4.90 Å². The Morgan fingerprint density at radius 2 is 1.76 bits per heavy atom. The molecule has 0 amide bonds. The number of para-hydroxylation sites is 1. The lowest BCUT2D eigenvalue weighted by atomic mass is 9.97. The van der Waals surface area contributed by atoms with Crippen LogP contribution in [0.4, 0.5) is 5.69 Å². The van der Waals surface area contributed by atoms with E-state index in [2.05, 4.69) is 44.1 Å². The second-order valence-electron chi connectivity index (χ2n) is 8.06. The van der Waals surface area contributed by atoms with Gasteiger partial charge in [-0.25, -0.2) is 4.68 Å². The Morgan fingerprint density at radius 1 is 0.931 bits per heavy atom. The number of benzene rings is 1. The number of aromatic nitrogens is 3. The maximum absolute atomic E-state index is 12.4. The second kappa shape index (κ2) is 7.95. The minimum atomic E-state index is 0.0486. The molecule has 3 aromatic rings. The summed E-state index contributed by atoms with van der Waals surface area (Å²) in [6, 6.07) is 12.3. The molecular weight excluding hydrogens is 362 g/mol.